The molecule has 0 unspecified atom stereocenters. The average Bonchev–Trinajstić information content (AvgIpc) is 3.09. The largest absolute Gasteiger partial charge is 0.497 e. The van der Waals surface area contributed by atoms with Crippen molar-refractivity contribution in [3.63, 3.8) is 0 Å². The summed E-state index contributed by atoms with van der Waals surface area (Å²) in [5, 5.41) is 3.70. The van der Waals surface area contributed by atoms with Gasteiger partial charge in [0.2, 0.25) is 5.82 Å². The molecule has 0 amide bonds. The highest BCUT2D eigenvalue weighted by molar-refractivity contribution is 5.55. The fourth-order valence-corrected chi connectivity index (χ4v) is 2.08. The molecule has 0 aliphatic heterocycles. The Balaban J connectivity index is 1.70. The minimum Gasteiger partial charge on any atom is -0.497 e. The lowest BCUT2D eigenvalue weighted by atomic mass is 10.1. The summed E-state index contributed by atoms with van der Waals surface area (Å²) in [6.45, 7) is -0.00170. The van der Waals surface area contributed by atoms with Gasteiger partial charge >= 0.3 is 6.18 Å². The van der Waals surface area contributed by atoms with Crippen LogP contribution in [0.3, 0.4) is 0 Å². The number of alkyl halides is 3. The highest BCUT2D eigenvalue weighted by Gasteiger charge is 2.30. The van der Waals surface area contributed by atoms with Crippen LogP contribution in [0.5, 0.6) is 11.5 Å². The minimum absolute atomic E-state index is 0.00170. The molecule has 0 atom stereocenters. The summed E-state index contributed by atoms with van der Waals surface area (Å²) in [5.41, 5.74) is -0.555. The molecular weight excluding hydrogens is 337 g/mol. The van der Waals surface area contributed by atoms with E-state index in [2.05, 4.69) is 10.1 Å². The zero-order chi connectivity index (χ0) is 17.9. The van der Waals surface area contributed by atoms with E-state index in [4.69, 9.17) is 14.0 Å². The highest BCUT2D eigenvalue weighted by Crippen LogP contribution is 2.31. The lowest BCUT2D eigenvalue weighted by Crippen LogP contribution is -2.04. The van der Waals surface area contributed by atoms with Crippen LogP contribution in [-0.2, 0) is 12.8 Å². The number of halogens is 3. The maximum Gasteiger partial charge on any atom is 0.416 e. The summed E-state index contributed by atoms with van der Waals surface area (Å²) < 4.78 is 53.8. The van der Waals surface area contributed by atoms with Crippen LogP contribution in [0.4, 0.5) is 13.2 Å². The van der Waals surface area contributed by atoms with Crippen molar-refractivity contribution >= 4 is 0 Å². The topological polar surface area (TPSA) is 57.4 Å². The van der Waals surface area contributed by atoms with Crippen LogP contribution in [-0.4, -0.2) is 17.3 Å². The van der Waals surface area contributed by atoms with E-state index < -0.39 is 11.7 Å². The molecular formula is C17H13F3N2O3. The Morgan fingerprint density at radius 2 is 1.76 bits per heavy atom. The normalized spacial score (nSPS) is 11.4. The quantitative estimate of drug-likeness (QED) is 0.685. The summed E-state index contributed by atoms with van der Waals surface area (Å²) >= 11 is 0. The van der Waals surface area contributed by atoms with Gasteiger partial charge < -0.3 is 14.0 Å². The van der Waals surface area contributed by atoms with Gasteiger partial charge in [-0.15, -0.1) is 0 Å². The fraction of sp³-hybridized carbons (Fsp3) is 0.176. The van der Waals surface area contributed by atoms with E-state index in [1.165, 1.54) is 12.1 Å². The number of methoxy groups -OCH3 is 1. The molecule has 0 saturated carbocycles. The van der Waals surface area contributed by atoms with Crippen molar-refractivity contribution in [3.8, 4) is 22.9 Å². The van der Waals surface area contributed by atoms with Gasteiger partial charge in [-0.3, -0.25) is 0 Å². The second-order valence-electron chi connectivity index (χ2n) is 5.05. The van der Waals surface area contributed by atoms with Crippen LogP contribution in [0, 0.1) is 0 Å². The van der Waals surface area contributed by atoms with Gasteiger partial charge in [0.1, 0.15) is 11.5 Å². The molecule has 130 valence electrons. The molecule has 0 aliphatic carbocycles. The Morgan fingerprint density at radius 1 is 1.04 bits per heavy atom. The number of hydrogen-bond acceptors (Lipinski definition) is 5. The summed E-state index contributed by atoms with van der Waals surface area (Å²) in [5.74, 6) is 1.49. The molecule has 3 rings (SSSR count). The van der Waals surface area contributed by atoms with Crippen LogP contribution < -0.4 is 9.47 Å². The molecule has 0 radical (unpaired) electrons. The van der Waals surface area contributed by atoms with Gasteiger partial charge in [-0.05, 0) is 36.4 Å². The first-order valence-corrected chi connectivity index (χ1v) is 7.23. The fourth-order valence-electron chi connectivity index (χ4n) is 2.08. The van der Waals surface area contributed by atoms with Gasteiger partial charge in [-0.1, -0.05) is 17.3 Å². The van der Waals surface area contributed by atoms with E-state index in [1.807, 2.05) is 0 Å². The third kappa shape index (κ3) is 4.09. The van der Waals surface area contributed by atoms with Crippen LogP contribution in [0.2, 0.25) is 0 Å². The average molecular weight is 350 g/mol. The van der Waals surface area contributed by atoms with E-state index in [1.54, 1.807) is 31.4 Å². The number of benzene rings is 2. The lowest BCUT2D eigenvalue weighted by molar-refractivity contribution is -0.137. The van der Waals surface area contributed by atoms with E-state index in [0.717, 1.165) is 12.1 Å². The predicted molar refractivity (Wildman–Crippen MR) is 82.1 cm³/mol. The molecule has 0 saturated heterocycles. The molecule has 3 aromatic rings. The molecule has 0 spiro atoms. The Morgan fingerprint density at radius 3 is 2.44 bits per heavy atom. The Bertz CT molecular complexity index is 845. The van der Waals surface area contributed by atoms with E-state index >= 15 is 0 Å². The SMILES string of the molecule is COc1ccc(OCc2nc(-c3cccc(C(F)(F)F)c3)no2)cc1. The number of ether oxygens (including phenoxy) is 2. The van der Waals surface area contributed by atoms with Gasteiger partial charge in [0.05, 0.1) is 12.7 Å². The first-order chi connectivity index (χ1) is 12.0. The second-order valence-corrected chi connectivity index (χ2v) is 5.05. The number of aromatic nitrogens is 2. The third-order valence-electron chi connectivity index (χ3n) is 3.34. The number of rotatable bonds is 5. The van der Waals surface area contributed by atoms with Crippen LogP contribution in [0.25, 0.3) is 11.4 Å². The van der Waals surface area contributed by atoms with Gasteiger partial charge in [0.15, 0.2) is 6.61 Å². The molecule has 8 heteroatoms. The highest BCUT2D eigenvalue weighted by atomic mass is 19.4. The molecule has 0 bridgehead atoms. The van der Waals surface area contributed by atoms with Gasteiger partial charge in [0, 0.05) is 5.56 Å². The molecule has 1 aromatic heterocycles. The number of nitrogens with zero attached hydrogens (tertiary/aromatic N) is 2. The Labute approximate surface area is 141 Å². The van der Waals surface area contributed by atoms with Crippen molar-refractivity contribution in [1.82, 2.24) is 10.1 Å². The zero-order valence-corrected chi connectivity index (χ0v) is 13.1. The Hall–Kier alpha value is -3.03. The molecule has 1 heterocycles. The van der Waals surface area contributed by atoms with Crippen molar-refractivity contribution in [1.29, 1.82) is 0 Å². The molecule has 25 heavy (non-hydrogen) atoms. The van der Waals surface area contributed by atoms with Crippen molar-refractivity contribution in [2.45, 2.75) is 12.8 Å². The molecule has 2 aromatic carbocycles. The molecule has 5 nitrogen and oxygen atoms in total. The summed E-state index contributed by atoms with van der Waals surface area (Å²) in [6.07, 6.45) is -4.43. The summed E-state index contributed by atoms with van der Waals surface area (Å²) in [6, 6.07) is 11.6. The first-order valence-electron chi connectivity index (χ1n) is 7.23. The maximum absolute atomic E-state index is 12.8. The number of hydrogen-bond donors (Lipinski definition) is 0. The monoisotopic (exact) mass is 350 g/mol. The smallest absolute Gasteiger partial charge is 0.416 e. The van der Waals surface area contributed by atoms with Crippen molar-refractivity contribution < 1.29 is 27.2 Å². The van der Waals surface area contributed by atoms with Crippen molar-refractivity contribution in [2.24, 2.45) is 0 Å². The lowest BCUT2D eigenvalue weighted by Gasteiger charge is -2.06. The van der Waals surface area contributed by atoms with Gasteiger partial charge in [-0.25, -0.2) is 0 Å². The van der Waals surface area contributed by atoms with Crippen molar-refractivity contribution in [2.75, 3.05) is 7.11 Å². The van der Waals surface area contributed by atoms with Crippen LogP contribution in [0.15, 0.2) is 53.1 Å². The first kappa shape index (κ1) is 16.8. The van der Waals surface area contributed by atoms with Crippen LogP contribution >= 0.6 is 0 Å². The summed E-state index contributed by atoms with van der Waals surface area (Å²) in [7, 11) is 1.56. The zero-order valence-electron chi connectivity index (χ0n) is 13.1. The van der Waals surface area contributed by atoms with Crippen molar-refractivity contribution in [3.05, 3.63) is 60.0 Å². The standard InChI is InChI=1S/C17H13F3N2O3/c1-23-13-5-7-14(8-6-13)24-10-15-21-16(22-25-15)11-3-2-4-12(9-11)17(18,19)20/h2-9H,10H2,1H3. The van der Waals surface area contributed by atoms with Crippen LogP contribution in [0.1, 0.15) is 11.5 Å². The molecule has 0 N–H and O–H groups in total. The van der Waals surface area contributed by atoms with Gasteiger partial charge in [0.25, 0.3) is 5.89 Å². The molecule has 0 aliphatic rings. The minimum atomic E-state index is -4.43. The van der Waals surface area contributed by atoms with E-state index in [0.29, 0.717) is 11.5 Å². The van der Waals surface area contributed by atoms with E-state index in [9.17, 15) is 13.2 Å². The van der Waals surface area contributed by atoms with Gasteiger partial charge in [-0.2, -0.15) is 18.2 Å². The summed E-state index contributed by atoms with van der Waals surface area (Å²) in [4.78, 5) is 4.06. The van der Waals surface area contributed by atoms with E-state index in [-0.39, 0.29) is 23.9 Å². The predicted octanol–water partition coefficient (Wildman–Crippen LogP) is 4.34. The maximum atomic E-state index is 12.8. The third-order valence-corrected chi connectivity index (χ3v) is 3.34. The second kappa shape index (κ2) is 6.84. The Kier molecular flexibility index (Phi) is 4.60. The molecule has 0 fully saturated rings.